The van der Waals surface area contributed by atoms with Crippen LogP contribution < -0.4 is 10.9 Å². The van der Waals surface area contributed by atoms with Gasteiger partial charge in [-0.25, -0.2) is 0 Å². The highest BCUT2D eigenvalue weighted by atomic mass is 16.5. The zero-order valence-corrected chi connectivity index (χ0v) is 14.9. The minimum atomic E-state index is -0.258. The molecule has 0 unspecified atom stereocenters. The van der Waals surface area contributed by atoms with Crippen LogP contribution in [0.3, 0.4) is 0 Å². The summed E-state index contributed by atoms with van der Waals surface area (Å²) in [7, 11) is 1.58. The molecule has 6 heteroatoms. The number of nitrogens with one attached hydrogen (secondary N) is 2. The third kappa shape index (κ3) is 3.11. The number of aromatic nitrogens is 2. The lowest BCUT2D eigenvalue weighted by atomic mass is 10.1. The molecule has 1 amide bonds. The topological polar surface area (TPSA) is 76.1 Å². The highest BCUT2D eigenvalue weighted by Crippen LogP contribution is 2.24. The summed E-state index contributed by atoms with van der Waals surface area (Å²) < 4.78 is 6.61. The highest BCUT2D eigenvalue weighted by Gasteiger charge is 2.16. The lowest BCUT2D eigenvalue weighted by molar-refractivity contribution is 0.102. The van der Waals surface area contributed by atoms with Gasteiger partial charge in [0, 0.05) is 47.7 Å². The van der Waals surface area contributed by atoms with Gasteiger partial charge in [0.25, 0.3) is 11.5 Å². The number of H-pyrrole nitrogens is 1. The fourth-order valence-corrected chi connectivity index (χ4v) is 3.26. The van der Waals surface area contributed by atoms with E-state index in [0.29, 0.717) is 29.5 Å². The molecule has 0 fully saturated rings. The van der Waals surface area contributed by atoms with Crippen molar-refractivity contribution in [2.24, 2.45) is 0 Å². The maximum atomic E-state index is 13.1. The Morgan fingerprint density at radius 2 is 1.89 bits per heavy atom. The predicted octanol–water partition coefficient (Wildman–Crippen LogP) is 3.38. The number of rotatable bonds is 5. The van der Waals surface area contributed by atoms with E-state index in [2.05, 4.69) is 10.3 Å². The van der Waals surface area contributed by atoms with Crippen LogP contribution in [0.4, 0.5) is 5.69 Å². The molecule has 0 radical (unpaired) electrons. The van der Waals surface area contributed by atoms with Crippen LogP contribution in [0.15, 0.2) is 65.7 Å². The van der Waals surface area contributed by atoms with Crippen LogP contribution >= 0.6 is 0 Å². The monoisotopic (exact) mass is 361 g/mol. The summed E-state index contributed by atoms with van der Waals surface area (Å²) in [5.74, 6) is -0.258. The summed E-state index contributed by atoms with van der Waals surface area (Å²) >= 11 is 0. The number of hydrogen-bond acceptors (Lipinski definition) is 3. The van der Waals surface area contributed by atoms with Crippen LogP contribution in [0.2, 0.25) is 0 Å². The van der Waals surface area contributed by atoms with Gasteiger partial charge in [0.15, 0.2) is 0 Å². The third-order valence-electron chi connectivity index (χ3n) is 4.62. The largest absolute Gasteiger partial charge is 0.383 e. The standard InChI is InChI=1S/C21H19N3O3/c1-27-12-11-24-13-17(14-5-2-3-6-15(14)21(24)26)20(25)23-19-8-4-7-18-16(19)9-10-22-18/h2-10,13,22H,11-12H2,1H3,(H,23,25). The Morgan fingerprint density at radius 3 is 2.70 bits per heavy atom. The van der Waals surface area contributed by atoms with Crippen molar-refractivity contribution in [2.75, 3.05) is 19.0 Å². The Labute approximate surface area is 155 Å². The second-order valence-electron chi connectivity index (χ2n) is 6.28. The maximum absolute atomic E-state index is 13.1. The number of fused-ring (bicyclic) bond motifs is 2. The van der Waals surface area contributed by atoms with Gasteiger partial charge in [0.05, 0.1) is 17.9 Å². The average molecular weight is 361 g/mol. The van der Waals surface area contributed by atoms with E-state index in [4.69, 9.17) is 4.74 Å². The van der Waals surface area contributed by atoms with Crippen LogP contribution in [0.25, 0.3) is 21.7 Å². The Kier molecular flexibility index (Phi) is 4.48. The van der Waals surface area contributed by atoms with E-state index < -0.39 is 0 Å². The fourth-order valence-electron chi connectivity index (χ4n) is 3.26. The van der Waals surface area contributed by atoms with Gasteiger partial charge in [-0.3, -0.25) is 9.59 Å². The number of hydrogen-bond donors (Lipinski definition) is 2. The van der Waals surface area contributed by atoms with E-state index in [1.54, 1.807) is 31.5 Å². The van der Waals surface area contributed by atoms with Gasteiger partial charge < -0.3 is 19.6 Å². The Bertz CT molecular complexity index is 1190. The summed E-state index contributed by atoms with van der Waals surface area (Å²) in [6.45, 7) is 0.774. The lowest BCUT2D eigenvalue weighted by Crippen LogP contribution is -2.25. The van der Waals surface area contributed by atoms with Crippen LogP contribution in [0, 0.1) is 0 Å². The Morgan fingerprint density at radius 1 is 1.07 bits per heavy atom. The van der Waals surface area contributed by atoms with Crippen molar-refractivity contribution in [3.05, 3.63) is 76.8 Å². The van der Waals surface area contributed by atoms with Gasteiger partial charge in [-0.2, -0.15) is 0 Å². The first-order valence-electron chi connectivity index (χ1n) is 8.67. The van der Waals surface area contributed by atoms with Gasteiger partial charge in [-0.15, -0.1) is 0 Å². The van der Waals surface area contributed by atoms with Crippen LogP contribution in [0.1, 0.15) is 10.4 Å². The zero-order valence-electron chi connectivity index (χ0n) is 14.9. The van der Waals surface area contributed by atoms with E-state index in [1.165, 1.54) is 4.57 Å². The van der Waals surface area contributed by atoms with Crippen molar-refractivity contribution in [1.29, 1.82) is 0 Å². The van der Waals surface area contributed by atoms with Gasteiger partial charge in [0.1, 0.15) is 0 Å². The van der Waals surface area contributed by atoms with Crippen LogP contribution in [-0.4, -0.2) is 29.2 Å². The van der Waals surface area contributed by atoms with Crippen molar-refractivity contribution in [3.8, 4) is 0 Å². The molecule has 0 bridgehead atoms. The SMILES string of the molecule is COCCn1cc(C(=O)Nc2cccc3[nH]ccc23)c2ccccc2c1=O. The molecule has 27 heavy (non-hydrogen) atoms. The van der Waals surface area contributed by atoms with Gasteiger partial charge in [-0.1, -0.05) is 24.3 Å². The fraction of sp³-hybridized carbons (Fsp3) is 0.143. The third-order valence-corrected chi connectivity index (χ3v) is 4.62. The molecule has 0 atom stereocenters. The number of amides is 1. The number of methoxy groups -OCH3 is 1. The van der Waals surface area contributed by atoms with Crippen LogP contribution in [0.5, 0.6) is 0 Å². The first kappa shape index (κ1) is 17.1. The quantitative estimate of drug-likeness (QED) is 0.572. The molecular formula is C21H19N3O3. The molecule has 0 aliphatic heterocycles. The molecule has 0 aliphatic carbocycles. The van der Waals surface area contributed by atoms with E-state index in [9.17, 15) is 9.59 Å². The number of carbonyl (C=O) groups is 1. The van der Waals surface area contributed by atoms with Crippen molar-refractivity contribution >= 4 is 33.3 Å². The molecule has 4 aromatic rings. The van der Waals surface area contributed by atoms with E-state index in [-0.39, 0.29) is 11.5 Å². The van der Waals surface area contributed by atoms with Crippen molar-refractivity contribution in [2.45, 2.75) is 6.54 Å². The molecule has 4 rings (SSSR count). The number of anilines is 1. The maximum Gasteiger partial charge on any atom is 0.258 e. The molecule has 136 valence electrons. The van der Waals surface area contributed by atoms with Gasteiger partial charge in [0.2, 0.25) is 0 Å². The number of nitrogens with zero attached hydrogens (tertiary/aromatic N) is 1. The second kappa shape index (κ2) is 7.09. The molecular weight excluding hydrogens is 342 g/mol. The minimum absolute atomic E-state index is 0.132. The summed E-state index contributed by atoms with van der Waals surface area (Å²) in [6, 6.07) is 14.8. The molecule has 0 saturated heterocycles. The Balaban J connectivity index is 1.80. The Hall–Kier alpha value is -3.38. The molecule has 0 saturated carbocycles. The van der Waals surface area contributed by atoms with Gasteiger partial charge in [-0.05, 0) is 24.3 Å². The molecule has 0 spiro atoms. The smallest absolute Gasteiger partial charge is 0.258 e. The lowest BCUT2D eigenvalue weighted by Gasteiger charge is -2.13. The first-order chi connectivity index (χ1) is 13.2. The van der Waals surface area contributed by atoms with Crippen molar-refractivity contribution in [1.82, 2.24) is 9.55 Å². The molecule has 2 N–H and O–H groups in total. The summed E-state index contributed by atoms with van der Waals surface area (Å²) in [4.78, 5) is 28.9. The summed E-state index contributed by atoms with van der Waals surface area (Å²) in [5.41, 5.74) is 1.99. The number of carbonyl (C=O) groups excluding carboxylic acids is 1. The number of ether oxygens (including phenoxy) is 1. The number of aromatic amines is 1. The van der Waals surface area contributed by atoms with Crippen molar-refractivity contribution in [3.63, 3.8) is 0 Å². The predicted molar refractivity (Wildman–Crippen MR) is 106 cm³/mol. The van der Waals surface area contributed by atoms with Crippen LogP contribution in [-0.2, 0) is 11.3 Å². The molecule has 6 nitrogen and oxygen atoms in total. The molecule has 2 aromatic heterocycles. The minimum Gasteiger partial charge on any atom is -0.383 e. The van der Waals surface area contributed by atoms with Gasteiger partial charge >= 0.3 is 0 Å². The summed E-state index contributed by atoms with van der Waals surface area (Å²) in [6.07, 6.45) is 3.44. The average Bonchev–Trinajstić information content (AvgIpc) is 3.17. The molecule has 2 heterocycles. The second-order valence-corrected chi connectivity index (χ2v) is 6.28. The highest BCUT2D eigenvalue weighted by molar-refractivity contribution is 6.14. The normalized spacial score (nSPS) is 11.1. The van der Waals surface area contributed by atoms with E-state index in [0.717, 1.165) is 16.6 Å². The van der Waals surface area contributed by atoms with E-state index in [1.807, 2.05) is 36.5 Å². The zero-order chi connectivity index (χ0) is 18.8. The number of benzene rings is 2. The molecule has 0 aliphatic rings. The first-order valence-corrected chi connectivity index (χ1v) is 8.67. The van der Waals surface area contributed by atoms with Crippen molar-refractivity contribution < 1.29 is 9.53 Å². The van der Waals surface area contributed by atoms with E-state index >= 15 is 0 Å². The summed E-state index contributed by atoms with van der Waals surface area (Å²) in [5, 5.41) is 5.06. The number of pyridine rings is 1. The molecule has 2 aromatic carbocycles.